The van der Waals surface area contributed by atoms with Crippen LogP contribution in [0.1, 0.15) is 5.56 Å². The second-order valence-corrected chi connectivity index (χ2v) is 8.14. The summed E-state index contributed by atoms with van der Waals surface area (Å²) in [6.45, 7) is 1.41. The smallest absolute Gasteiger partial charge is 0.245 e. The molecule has 2 rings (SSSR count). The maximum Gasteiger partial charge on any atom is 0.245 e. The van der Waals surface area contributed by atoms with E-state index in [0.29, 0.717) is 27.9 Å². The molecule has 0 fully saturated rings. The highest BCUT2D eigenvalue weighted by molar-refractivity contribution is 7.92. The van der Waals surface area contributed by atoms with Crippen LogP contribution < -0.4 is 19.1 Å². The molecule has 9 heteroatoms. The van der Waals surface area contributed by atoms with Gasteiger partial charge >= 0.3 is 0 Å². The number of nitrogens with one attached hydrogen (secondary N) is 1. The van der Waals surface area contributed by atoms with Crippen molar-refractivity contribution in [1.29, 1.82) is 0 Å². The maximum atomic E-state index is 12.4. The van der Waals surface area contributed by atoms with Crippen LogP contribution in [0.25, 0.3) is 0 Å². The van der Waals surface area contributed by atoms with Crippen LogP contribution in [-0.2, 0) is 14.8 Å². The molecule has 0 heterocycles. The minimum atomic E-state index is -3.69. The first kappa shape index (κ1) is 20.9. The molecular weight excluding hydrogens is 392 g/mol. The summed E-state index contributed by atoms with van der Waals surface area (Å²) in [6, 6.07) is 9.68. The number of nitrogens with zero attached hydrogens (tertiary/aromatic N) is 1. The van der Waals surface area contributed by atoms with E-state index < -0.39 is 22.5 Å². The van der Waals surface area contributed by atoms with Gasteiger partial charge in [-0.15, -0.1) is 0 Å². The van der Waals surface area contributed by atoms with E-state index in [4.69, 9.17) is 21.1 Å². The number of amides is 1. The Hall–Kier alpha value is -2.45. The van der Waals surface area contributed by atoms with Gasteiger partial charge in [-0.1, -0.05) is 17.7 Å². The summed E-state index contributed by atoms with van der Waals surface area (Å²) in [5, 5.41) is 3.07. The molecule has 0 unspecified atom stereocenters. The van der Waals surface area contributed by atoms with Gasteiger partial charge < -0.3 is 14.8 Å². The number of hydrogen-bond acceptors (Lipinski definition) is 5. The molecule has 1 N–H and O–H groups in total. The Kier molecular flexibility index (Phi) is 6.56. The van der Waals surface area contributed by atoms with Crippen LogP contribution in [0.2, 0.25) is 5.02 Å². The molecule has 2 aromatic carbocycles. The highest BCUT2D eigenvalue weighted by Gasteiger charge is 2.21. The standard InChI is InChI=1S/C18H21ClN2O5S/c1-12-5-7-14(10-15(12)19)21(27(4,23)24)11-18(22)20-13-6-8-16(25-2)17(9-13)26-3/h5-10H,11H2,1-4H3,(H,20,22). The van der Waals surface area contributed by atoms with Crippen molar-refractivity contribution in [2.24, 2.45) is 0 Å². The molecule has 0 aliphatic heterocycles. The zero-order valence-electron chi connectivity index (χ0n) is 15.4. The number of ether oxygens (including phenoxy) is 2. The van der Waals surface area contributed by atoms with Gasteiger partial charge in [-0.2, -0.15) is 0 Å². The van der Waals surface area contributed by atoms with Crippen LogP contribution >= 0.6 is 11.6 Å². The third-order valence-electron chi connectivity index (χ3n) is 3.80. The molecular formula is C18H21ClN2O5S. The lowest BCUT2D eigenvalue weighted by atomic mass is 10.2. The summed E-state index contributed by atoms with van der Waals surface area (Å²) in [4.78, 5) is 12.4. The zero-order valence-corrected chi connectivity index (χ0v) is 17.0. The third kappa shape index (κ3) is 5.27. The first-order valence-electron chi connectivity index (χ1n) is 7.91. The second kappa shape index (κ2) is 8.49. The first-order valence-corrected chi connectivity index (χ1v) is 10.1. The molecule has 0 atom stereocenters. The van der Waals surface area contributed by atoms with Crippen molar-refractivity contribution in [2.75, 3.05) is 36.6 Å². The van der Waals surface area contributed by atoms with Gasteiger partial charge in [0.1, 0.15) is 6.54 Å². The number of carbonyl (C=O) groups is 1. The number of methoxy groups -OCH3 is 2. The Morgan fingerprint density at radius 2 is 1.78 bits per heavy atom. The summed E-state index contributed by atoms with van der Waals surface area (Å²) in [5.74, 6) is 0.451. The SMILES string of the molecule is COc1ccc(NC(=O)CN(c2ccc(C)c(Cl)c2)S(C)(=O)=O)cc1OC. The van der Waals surface area contributed by atoms with Gasteiger partial charge in [0, 0.05) is 16.8 Å². The molecule has 146 valence electrons. The predicted octanol–water partition coefficient (Wildman–Crippen LogP) is 3.07. The van der Waals surface area contributed by atoms with E-state index in [1.807, 2.05) is 0 Å². The number of anilines is 2. The maximum absolute atomic E-state index is 12.4. The molecule has 0 aliphatic rings. The molecule has 0 saturated carbocycles. The molecule has 0 aromatic heterocycles. The lowest BCUT2D eigenvalue weighted by molar-refractivity contribution is -0.114. The van der Waals surface area contributed by atoms with Crippen LogP contribution in [-0.4, -0.2) is 41.3 Å². The summed E-state index contributed by atoms with van der Waals surface area (Å²) < 4.78 is 35.7. The average Bonchev–Trinajstić information content (AvgIpc) is 2.61. The summed E-state index contributed by atoms with van der Waals surface area (Å²) >= 11 is 6.09. The molecule has 0 bridgehead atoms. The number of carbonyl (C=O) groups excluding carboxylic acids is 1. The van der Waals surface area contributed by atoms with E-state index in [1.54, 1.807) is 37.3 Å². The van der Waals surface area contributed by atoms with Crippen molar-refractivity contribution in [1.82, 2.24) is 0 Å². The normalized spacial score (nSPS) is 11.0. The predicted molar refractivity (Wildman–Crippen MR) is 107 cm³/mol. The molecule has 7 nitrogen and oxygen atoms in total. The fourth-order valence-corrected chi connectivity index (χ4v) is 3.40. The Bertz CT molecular complexity index is 947. The Balaban J connectivity index is 2.23. The number of sulfonamides is 1. The lowest BCUT2D eigenvalue weighted by Gasteiger charge is -2.22. The quantitative estimate of drug-likeness (QED) is 0.755. The lowest BCUT2D eigenvalue weighted by Crippen LogP contribution is -2.37. The number of hydrogen-bond donors (Lipinski definition) is 1. The number of aryl methyl sites for hydroxylation is 1. The van der Waals surface area contributed by atoms with Crippen molar-refractivity contribution in [3.8, 4) is 11.5 Å². The zero-order chi connectivity index (χ0) is 20.2. The van der Waals surface area contributed by atoms with Gasteiger partial charge in [0.15, 0.2) is 11.5 Å². The van der Waals surface area contributed by atoms with Crippen molar-refractivity contribution < 1.29 is 22.7 Å². The fourth-order valence-electron chi connectivity index (χ4n) is 2.38. The van der Waals surface area contributed by atoms with Gasteiger partial charge in [0.2, 0.25) is 15.9 Å². The molecule has 0 saturated heterocycles. The van der Waals surface area contributed by atoms with E-state index in [-0.39, 0.29) is 0 Å². The van der Waals surface area contributed by atoms with Crippen molar-refractivity contribution in [3.63, 3.8) is 0 Å². The molecule has 0 aliphatic carbocycles. The molecule has 2 aromatic rings. The largest absolute Gasteiger partial charge is 0.493 e. The first-order chi connectivity index (χ1) is 12.7. The van der Waals surface area contributed by atoms with Gasteiger partial charge in [-0.05, 0) is 36.8 Å². The molecule has 27 heavy (non-hydrogen) atoms. The van der Waals surface area contributed by atoms with Gasteiger partial charge in [-0.25, -0.2) is 8.42 Å². The number of halogens is 1. The number of benzene rings is 2. The number of rotatable bonds is 7. The van der Waals surface area contributed by atoms with Gasteiger partial charge in [0.25, 0.3) is 0 Å². The van der Waals surface area contributed by atoms with Crippen molar-refractivity contribution in [3.05, 3.63) is 47.0 Å². The molecule has 0 radical (unpaired) electrons. The van der Waals surface area contributed by atoms with Crippen molar-refractivity contribution in [2.45, 2.75) is 6.92 Å². The average molecular weight is 413 g/mol. The molecule has 1 amide bonds. The van der Waals surface area contributed by atoms with Gasteiger partial charge in [-0.3, -0.25) is 9.10 Å². The minimum absolute atomic E-state index is 0.315. The Morgan fingerprint density at radius 1 is 1.11 bits per heavy atom. The topological polar surface area (TPSA) is 84.9 Å². The second-order valence-electron chi connectivity index (χ2n) is 5.82. The minimum Gasteiger partial charge on any atom is -0.493 e. The van der Waals surface area contributed by atoms with E-state index in [2.05, 4.69) is 5.32 Å². The van der Waals surface area contributed by atoms with Crippen molar-refractivity contribution >= 4 is 38.9 Å². The van der Waals surface area contributed by atoms with Crippen LogP contribution in [0.3, 0.4) is 0 Å². The Morgan fingerprint density at radius 3 is 2.33 bits per heavy atom. The van der Waals surface area contributed by atoms with Gasteiger partial charge in [0.05, 0.1) is 26.2 Å². The summed E-state index contributed by atoms with van der Waals surface area (Å²) in [7, 11) is -0.700. The highest BCUT2D eigenvalue weighted by Crippen LogP contribution is 2.30. The fraction of sp³-hybridized carbons (Fsp3) is 0.278. The van der Waals surface area contributed by atoms with Crippen LogP contribution in [0, 0.1) is 6.92 Å². The van der Waals surface area contributed by atoms with E-state index in [0.717, 1.165) is 16.1 Å². The Labute approximate surface area is 163 Å². The van der Waals surface area contributed by atoms with E-state index in [1.165, 1.54) is 20.3 Å². The third-order valence-corrected chi connectivity index (χ3v) is 5.35. The highest BCUT2D eigenvalue weighted by atomic mass is 35.5. The van der Waals surface area contributed by atoms with E-state index >= 15 is 0 Å². The van der Waals surface area contributed by atoms with Crippen LogP contribution in [0.4, 0.5) is 11.4 Å². The molecule has 0 spiro atoms. The van der Waals surface area contributed by atoms with Crippen LogP contribution in [0.5, 0.6) is 11.5 Å². The van der Waals surface area contributed by atoms with Crippen LogP contribution in [0.15, 0.2) is 36.4 Å². The summed E-state index contributed by atoms with van der Waals surface area (Å²) in [5.41, 5.74) is 1.58. The van der Waals surface area contributed by atoms with E-state index in [9.17, 15) is 13.2 Å². The monoisotopic (exact) mass is 412 g/mol. The summed E-state index contributed by atoms with van der Waals surface area (Å²) in [6.07, 6.45) is 1.03.